The molecule has 0 aromatic heterocycles. The van der Waals surface area contributed by atoms with Gasteiger partial charge in [0.25, 0.3) is 0 Å². The van der Waals surface area contributed by atoms with E-state index in [2.05, 4.69) is 39.7 Å². The van der Waals surface area contributed by atoms with E-state index >= 15 is 0 Å². The third-order valence-electron chi connectivity index (χ3n) is 6.02. The minimum Gasteiger partial charge on any atom is -0.289 e. The highest BCUT2D eigenvalue weighted by molar-refractivity contribution is 6.77. The van der Waals surface area contributed by atoms with E-state index in [9.17, 15) is 4.79 Å². The monoisotopic (exact) mass is 480 g/mol. The van der Waals surface area contributed by atoms with Gasteiger partial charge >= 0.3 is 0 Å². The number of hydrogen-bond donors (Lipinski definition) is 0. The molecule has 3 rings (SSSR count). The Morgan fingerprint density at radius 1 is 0.771 bits per heavy atom. The van der Waals surface area contributed by atoms with Crippen molar-refractivity contribution in [1.82, 2.24) is 0 Å². The van der Waals surface area contributed by atoms with Crippen molar-refractivity contribution in [2.75, 3.05) is 0 Å². The molecule has 0 saturated heterocycles. The highest BCUT2D eigenvalue weighted by atomic mass is 28.3. The highest BCUT2D eigenvalue weighted by Gasteiger charge is 2.35. The lowest BCUT2D eigenvalue weighted by Gasteiger charge is -2.34. The first-order valence-corrected chi connectivity index (χ1v) is 15.0. The van der Waals surface area contributed by atoms with Crippen LogP contribution in [0.5, 0.6) is 0 Å². The van der Waals surface area contributed by atoms with Gasteiger partial charge in [-0.3, -0.25) is 4.79 Å². The van der Waals surface area contributed by atoms with E-state index in [0.29, 0.717) is 16.9 Å². The Morgan fingerprint density at radius 2 is 1.17 bits per heavy atom. The van der Waals surface area contributed by atoms with Gasteiger partial charge in [0.05, 0.1) is 0 Å². The average molecular weight is 481 g/mol. The molecule has 176 valence electrons. The Morgan fingerprint density at radius 3 is 1.51 bits per heavy atom. The molecule has 0 unspecified atom stereocenters. The van der Waals surface area contributed by atoms with Crippen molar-refractivity contribution in [1.29, 1.82) is 0 Å². The summed E-state index contributed by atoms with van der Waals surface area (Å²) in [6.07, 6.45) is 13.2. The molecular formula is C27H28N6OSi. The molecule has 7 nitrogen and oxygen atoms in total. The summed E-state index contributed by atoms with van der Waals surface area (Å²) >= 11 is 0. The average Bonchev–Trinajstić information content (AvgIpc) is 2.83. The lowest BCUT2D eigenvalue weighted by molar-refractivity contribution is -0.113. The van der Waals surface area contributed by atoms with Crippen molar-refractivity contribution < 1.29 is 4.79 Å². The molecule has 0 aliphatic heterocycles. The van der Waals surface area contributed by atoms with Crippen LogP contribution in [0, 0.1) is 0 Å². The molecule has 2 aromatic rings. The summed E-state index contributed by atoms with van der Waals surface area (Å²) in [4.78, 5) is 18.8. The van der Waals surface area contributed by atoms with E-state index in [4.69, 9.17) is 11.1 Å². The molecule has 0 N–H and O–H groups in total. The summed E-state index contributed by atoms with van der Waals surface area (Å²) in [5, 5.41) is 7.16. The number of ketones is 1. The summed E-state index contributed by atoms with van der Waals surface area (Å²) < 4.78 is 0. The number of allylic oxidation sites excluding steroid dienone is 6. The van der Waals surface area contributed by atoms with E-state index in [1.807, 2.05) is 60.7 Å². The normalized spacial score (nSPS) is 18.7. The van der Waals surface area contributed by atoms with Gasteiger partial charge in [0.15, 0.2) is 5.78 Å². The van der Waals surface area contributed by atoms with Crippen LogP contribution in [0.3, 0.4) is 0 Å². The Hall–Kier alpha value is -4.09. The van der Waals surface area contributed by atoms with E-state index in [1.165, 1.54) is 0 Å². The number of benzene rings is 2. The standard InChI is InChI=1S/C27H28N6OSi/c1-35(2,3)26-18-22(8-4-6-20-10-14-24(15-11-20)30-32-28)27(34)23(19-26)9-5-7-21-12-16-25(17-13-21)31-33-29/h4-17,26H,18-19H2,1-3H3/b6-4+,7-5+,22-8+,23-9+. The smallest absolute Gasteiger partial charge is 0.184 e. The largest absolute Gasteiger partial charge is 0.289 e. The quantitative estimate of drug-likeness (QED) is 0.127. The highest BCUT2D eigenvalue weighted by Crippen LogP contribution is 2.40. The predicted octanol–water partition coefficient (Wildman–Crippen LogP) is 9.22. The molecule has 0 heterocycles. The summed E-state index contributed by atoms with van der Waals surface area (Å²) in [5.41, 5.74) is 22.3. The Kier molecular flexibility index (Phi) is 8.65. The summed E-state index contributed by atoms with van der Waals surface area (Å²) in [6.45, 7) is 7.06. The number of hydrogen-bond acceptors (Lipinski definition) is 3. The fourth-order valence-electron chi connectivity index (χ4n) is 3.85. The van der Waals surface area contributed by atoms with Crippen LogP contribution in [-0.4, -0.2) is 13.9 Å². The maximum absolute atomic E-state index is 13.2. The van der Waals surface area contributed by atoms with Crippen molar-refractivity contribution in [3.8, 4) is 0 Å². The summed E-state index contributed by atoms with van der Waals surface area (Å²) in [6, 6.07) is 14.6. The van der Waals surface area contributed by atoms with Gasteiger partial charge in [0.1, 0.15) is 0 Å². The maximum Gasteiger partial charge on any atom is 0.184 e. The van der Waals surface area contributed by atoms with Crippen LogP contribution in [-0.2, 0) is 4.79 Å². The van der Waals surface area contributed by atoms with Gasteiger partial charge in [-0.05, 0) is 51.7 Å². The number of azide groups is 2. The van der Waals surface area contributed by atoms with Crippen LogP contribution in [0.15, 0.2) is 94.2 Å². The van der Waals surface area contributed by atoms with Gasteiger partial charge in [0.2, 0.25) is 0 Å². The number of Topliss-reactive ketones (excluding diaryl/α,β-unsaturated/α-hetero) is 1. The molecular weight excluding hydrogens is 452 g/mol. The third-order valence-corrected chi connectivity index (χ3v) is 8.88. The Labute approximate surface area is 206 Å². The second-order valence-electron chi connectivity index (χ2n) is 9.46. The molecule has 2 aromatic carbocycles. The van der Waals surface area contributed by atoms with Gasteiger partial charge in [-0.15, -0.1) is 0 Å². The molecule has 1 saturated carbocycles. The van der Waals surface area contributed by atoms with Crippen LogP contribution in [0.1, 0.15) is 24.0 Å². The summed E-state index contributed by atoms with van der Waals surface area (Å²) in [5.74, 6) is 0.103. The molecule has 1 aliphatic rings. The van der Waals surface area contributed by atoms with Crippen LogP contribution in [0.4, 0.5) is 11.4 Å². The SMILES string of the molecule is C[Si](C)(C)C1C/C(=C\C=C\c2ccc(N=[N+]=[N-])cc2)C(=O)/C(=C/C=C/c2ccc(N=[N+]=[N-])cc2)C1. The zero-order valence-corrected chi connectivity index (χ0v) is 21.2. The van der Waals surface area contributed by atoms with E-state index in [-0.39, 0.29) is 5.78 Å². The van der Waals surface area contributed by atoms with Crippen LogP contribution in [0.2, 0.25) is 25.2 Å². The molecule has 8 heteroatoms. The van der Waals surface area contributed by atoms with Crippen molar-refractivity contribution in [2.24, 2.45) is 10.2 Å². The Balaban J connectivity index is 1.80. The number of rotatable bonds is 7. The molecule has 0 atom stereocenters. The lowest BCUT2D eigenvalue weighted by Crippen LogP contribution is -2.33. The van der Waals surface area contributed by atoms with Gasteiger partial charge in [-0.1, -0.05) is 115 Å². The minimum atomic E-state index is -1.47. The fraction of sp³-hybridized carbons (Fsp3) is 0.222. The topological polar surface area (TPSA) is 115 Å². The third kappa shape index (κ3) is 7.45. The van der Waals surface area contributed by atoms with E-state index in [0.717, 1.165) is 35.1 Å². The molecule has 0 bridgehead atoms. The minimum absolute atomic E-state index is 0.103. The first kappa shape index (κ1) is 25.5. The zero-order valence-electron chi connectivity index (χ0n) is 20.2. The van der Waals surface area contributed by atoms with Crippen molar-refractivity contribution in [3.05, 3.63) is 116 Å². The lowest BCUT2D eigenvalue weighted by atomic mass is 9.87. The number of carbonyl (C=O) groups excluding carboxylic acids is 1. The van der Waals surface area contributed by atoms with Crippen LogP contribution >= 0.6 is 0 Å². The van der Waals surface area contributed by atoms with Crippen molar-refractivity contribution in [2.45, 2.75) is 38.0 Å². The van der Waals surface area contributed by atoms with Gasteiger partial charge in [-0.25, -0.2) is 0 Å². The maximum atomic E-state index is 13.2. The van der Waals surface area contributed by atoms with Crippen molar-refractivity contribution >= 4 is 37.4 Å². The molecule has 1 aliphatic carbocycles. The first-order valence-electron chi connectivity index (χ1n) is 11.4. The molecule has 1 fully saturated rings. The first-order chi connectivity index (χ1) is 16.8. The van der Waals surface area contributed by atoms with Crippen molar-refractivity contribution in [3.63, 3.8) is 0 Å². The molecule has 0 spiro atoms. The molecule has 0 radical (unpaired) electrons. The van der Waals surface area contributed by atoms with Crippen LogP contribution < -0.4 is 0 Å². The molecule has 35 heavy (non-hydrogen) atoms. The second-order valence-corrected chi connectivity index (χ2v) is 15.0. The fourth-order valence-corrected chi connectivity index (χ4v) is 5.52. The van der Waals surface area contributed by atoms with Gasteiger partial charge in [0, 0.05) is 29.3 Å². The summed E-state index contributed by atoms with van der Waals surface area (Å²) in [7, 11) is -1.47. The van der Waals surface area contributed by atoms with Gasteiger partial charge < -0.3 is 0 Å². The van der Waals surface area contributed by atoms with E-state index < -0.39 is 8.07 Å². The number of carbonyl (C=O) groups is 1. The number of nitrogens with zero attached hydrogens (tertiary/aromatic N) is 6. The van der Waals surface area contributed by atoms with Gasteiger partial charge in [-0.2, -0.15) is 0 Å². The predicted molar refractivity (Wildman–Crippen MR) is 146 cm³/mol. The zero-order chi connectivity index (χ0) is 25.3. The second kappa shape index (κ2) is 11.9. The van der Waals surface area contributed by atoms with E-state index in [1.54, 1.807) is 24.3 Å². The van der Waals surface area contributed by atoms with Crippen LogP contribution in [0.25, 0.3) is 33.0 Å². The Bertz CT molecular complexity index is 1190. The molecule has 0 amide bonds.